The van der Waals surface area contributed by atoms with E-state index in [2.05, 4.69) is 15.3 Å². The summed E-state index contributed by atoms with van der Waals surface area (Å²) in [5, 5.41) is 4.41. The van der Waals surface area contributed by atoms with E-state index in [-0.39, 0.29) is 11.2 Å². The van der Waals surface area contributed by atoms with E-state index in [9.17, 15) is 4.79 Å². The van der Waals surface area contributed by atoms with E-state index in [4.69, 9.17) is 4.42 Å². The highest BCUT2D eigenvalue weighted by molar-refractivity contribution is 8.00. The van der Waals surface area contributed by atoms with Gasteiger partial charge in [-0.3, -0.25) is 4.79 Å². The molecule has 1 amide bonds. The van der Waals surface area contributed by atoms with Crippen molar-refractivity contribution in [1.82, 2.24) is 15.3 Å². The van der Waals surface area contributed by atoms with Crippen LogP contribution in [-0.4, -0.2) is 27.7 Å². The largest absolute Gasteiger partial charge is 0.461 e. The molecule has 24 heavy (non-hydrogen) atoms. The number of hydrogen-bond acceptors (Lipinski definition) is 5. The maximum Gasteiger partial charge on any atom is 0.233 e. The van der Waals surface area contributed by atoms with Crippen molar-refractivity contribution in [3.63, 3.8) is 0 Å². The Kier molecular flexibility index (Phi) is 5.15. The fraction of sp³-hybridized carbons (Fsp3) is 0.278. The molecule has 0 spiro atoms. The summed E-state index contributed by atoms with van der Waals surface area (Å²) in [6.45, 7) is 4.61. The Labute approximate surface area is 144 Å². The summed E-state index contributed by atoms with van der Waals surface area (Å²) in [5.74, 6) is 1.16. The second-order valence-corrected chi connectivity index (χ2v) is 6.73. The molecular formula is C18H19N3O2S. The van der Waals surface area contributed by atoms with Crippen molar-refractivity contribution in [3.8, 4) is 11.6 Å². The number of nitrogens with zero attached hydrogens (tertiary/aromatic N) is 2. The lowest BCUT2D eigenvalue weighted by atomic mass is 10.2. The lowest BCUT2D eigenvalue weighted by molar-refractivity contribution is -0.120. The van der Waals surface area contributed by atoms with Gasteiger partial charge in [-0.05, 0) is 31.5 Å². The number of rotatable bonds is 6. The molecule has 0 bridgehead atoms. The van der Waals surface area contributed by atoms with Crippen LogP contribution in [0, 0.1) is 0 Å². The third-order valence-corrected chi connectivity index (χ3v) is 4.62. The fourth-order valence-electron chi connectivity index (χ4n) is 2.27. The molecule has 0 radical (unpaired) electrons. The van der Waals surface area contributed by atoms with Gasteiger partial charge in [0.15, 0.2) is 11.6 Å². The van der Waals surface area contributed by atoms with E-state index in [0.717, 1.165) is 22.3 Å². The first-order valence-electron chi connectivity index (χ1n) is 7.94. The molecule has 0 aliphatic heterocycles. The lowest BCUT2D eigenvalue weighted by Crippen LogP contribution is -2.31. The summed E-state index contributed by atoms with van der Waals surface area (Å²) in [6.07, 6.45) is 2.52. The van der Waals surface area contributed by atoms with E-state index in [0.29, 0.717) is 18.1 Å². The van der Waals surface area contributed by atoms with Crippen LogP contribution in [0.5, 0.6) is 0 Å². The van der Waals surface area contributed by atoms with Crippen molar-refractivity contribution in [2.75, 3.05) is 6.54 Å². The van der Waals surface area contributed by atoms with Crippen molar-refractivity contribution in [3.05, 3.63) is 42.7 Å². The first-order chi connectivity index (χ1) is 11.7. The summed E-state index contributed by atoms with van der Waals surface area (Å²) in [5.41, 5.74) is 0.836. The number of thioether (sulfide) groups is 1. The third kappa shape index (κ3) is 3.59. The van der Waals surface area contributed by atoms with Gasteiger partial charge in [0, 0.05) is 11.9 Å². The smallest absolute Gasteiger partial charge is 0.233 e. The zero-order valence-electron chi connectivity index (χ0n) is 13.7. The molecular weight excluding hydrogens is 322 g/mol. The van der Waals surface area contributed by atoms with Crippen molar-refractivity contribution in [2.45, 2.75) is 30.5 Å². The van der Waals surface area contributed by atoms with E-state index in [1.54, 1.807) is 6.26 Å². The highest BCUT2D eigenvalue weighted by Gasteiger charge is 2.18. The first kappa shape index (κ1) is 16.5. The van der Waals surface area contributed by atoms with E-state index in [1.807, 2.05) is 50.2 Å². The average Bonchev–Trinajstić information content (AvgIpc) is 3.14. The molecule has 1 atom stereocenters. The van der Waals surface area contributed by atoms with Crippen LogP contribution >= 0.6 is 11.8 Å². The minimum atomic E-state index is -0.237. The summed E-state index contributed by atoms with van der Waals surface area (Å²) >= 11 is 1.44. The number of para-hydroxylation sites is 1. The number of fused-ring (bicyclic) bond motifs is 1. The van der Waals surface area contributed by atoms with Gasteiger partial charge in [0.05, 0.1) is 17.0 Å². The molecule has 0 saturated carbocycles. The topological polar surface area (TPSA) is 68.0 Å². The Morgan fingerprint density at radius 1 is 1.25 bits per heavy atom. The molecule has 3 aromatic rings. The van der Waals surface area contributed by atoms with Crippen molar-refractivity contribution in [2.24, 2.45) is 0 Å². The number of amides is 1. The molecule has 3 rings (SSSR count). The standard InChI is InChI=1S/C18H19N3O2S/c1-3-10-19-17(22)12(2)24-18-13-7-4-5-8-14(13)20-16(21-18)15-9-6-11-23-15/h4-9,11-12H,3,10H2,1-2H3,(H,19,22). The maximum atomic E-state index is 12.2. The lowest BCUT2D eigenvalue weighted by Gasteiger charge is -2.13. The Morgan fingerprint density at radius 2 is 2.08 bits per heavy atom. The van der Waals surface area contributed by atoms with Crippen LogP contribution in [0.3, 0.4) is 0 Å². The maximum absolute atomic E-state index is 12.2. The molecule has 1 aromatic carbocycles. The van der Waals surface area contributed by atoms with Crippen molar-refractivity contribution < 1.29 is 9.21 Å². The first-order valence-corrected chi connectivity index (χ1v) is 8.82. The number of nitrogens with one attached hydrogen (secondary N) is 1. The summed E-state index contributed by atoms with van der Waals surface area (Å²) in [4.78, 5) is 21.3. The van der Waals surface area contributed by atoms with Gasteiger partial charge in [-0.15, -0.1) is 0 Å². The van der Waals surface area contributed by atoms with Gasteiger partial charge >= 0.3 is 0 Å². The summed E-state index contributed by atoms with van der Waals surface area (Å²) in [6, 6.07) is 11.4. The SMILES string of the molecule is CCCNC(=O)C(C)Sc1nc(-c2ccco2)nc2ccccc12. The number of hydrogen-bond donors (Lipinski definition) is 1. The van der Waals surface area contributed by atoms with Crippen LogP contribution in [0.15, 0.2) is 52.1 Å². The molecule has 124 valence electrons. The Bertz CT molecular complexity index is 833. The molecule has 2 heterocycles. The van der Waals surface area contributed by atoms with Crippen LogP contribution in [0.4, 0.5) is 0 Å². The van der Waals surface area contributed by atoms with Crippen LogP contribution in [0.25, 0.3) is 22.5 Å². The van der Waals surface area contributed by atoms with Crippen LogP contribution in [0.2, 0.25) is 0 Å². The molecule has 0 saturated heterocycles. The van der Waals surface area contributed by atoms with E-state index >= 15 is 0 Å². The second kappa shape index (κ2) is 7.49. The molecule has 0 aliphatic rings. The summed E-state index contributed by atoms with van der Waals surface area (Å²) < 4.78 is 5.42. The van der Waals surface area contributed by atoms with Gasteiger partial charge in [0.1, 0.15) is 5.03 Å². The Hall–Kier alpha value is -2.34. The predicted octanol–water partition coefficient (Wildman–Crippen LogP) is 3.90. The predicted molar refractivity (Wildman–Crippen MR) is 95.9 cm³/mol. The summed E-state index contributed by atoms with van der Waals surface area (Å²) in [7, 11) is 0. The highest BCUT2D eigenvalue weighted by atomic mass is 32.2. The van der Waals surface area contributed by atoms with Gasteiger partial charge in [-0.1, -0.05) is 36.9 Å². The molecule has 1 N–H and O–H groups in total. The minimum absolute atomic E-state index is 0.0177. The zero-order chi connectivity index (χ0) is 16.9. The second-order valence-electron chi connectivity index (χ2n) is 5.40. The van der Waals surface area contributed by atoms with Gasteiger partial charge in [0.2, 0.25) is 5.91 Å². The van der Waals surface area contributed by atoms with Gasteiger partial charge < -0.3 is 9.73 Å². The van der Waals surface area contributed by atoms with E-state index < -0.39 is 0 Å². The number of carbonyl (C=O) groups excluding carboxylic acids is 1. The van der Waals surface area contributed by atoms with Gasteiger partial charge in [0.25, 0.3) is 0 Å². The Morgan fingerprint density at radius 3 is 2.83 bits per heavy atom. The normalized spacial score (nSPS) is 12.2. The molecule has 6 heteroatoms. The van der Waals surface area contributed by atoms with Crippen LogP contribution in [0.1, 0.15) is 20.3 Å². The minimum Gasteiger partial charge on any atom is -0.461 e. The quantitative estimate of drug-likeness (QED) is 0.544. The Balaban J connectivity index is 1.95. The number of aromatic nitrogens is 2. The monoisotopic (exact) mass is 341 g/mol. The average molecular weight is 341 g/mol. The highest BCUT2D eigenvalue weighted by Crippen LogP contribution is 2.31. The number of furan rings is 1. The molecule has 1 unspecified atom stereocenters. The molecule has 5 nitrogen and oxygen atoms in total. The number of carbonyl (C=O) groups is 1. The molecule has 0 aliphatic carbocycles. The third-order valence-electron chi connectivity index (χ3n) is 3.52. The zero-order valence-corrected chi connectivity index (χ0v) is 14.5. The van der Waals surface area contributed by atoms with Gasteiger partial charge in [-0.25, -0.2) is 9.97 Å². The van der Waals surface area contributed by atoms with Gasteiger partial charge in [-0.2, -0.15) is 0 Å². The van der Waals surface area contributed by atoms with Crippen LogP contribution in [-0.2, 0) is 4.79 Å². The van der Waals surface area contributed by atoms with Crippen molar-refractivity contribution in [1.29, 1.82) is 0 Å². The fourth-order valence-corrected chi connectivity index (χ4v) is 3.23. The molecule has 2 aromatic heterocycles. The van der Waals surface area contributed by atoms with Crippen molar-refractivity contribution >= 4 is 28.6 Å². The van der Waals surface area contributed by atoms with E-state index in [1.165, 1.54) is 11.8 Å². The molecule has 0 fully saturated rings. The number of benzene rings is 1. The van der Waals surface area contributed by atoms with Crippen LogP contribution < -0.4 is 5.32 Å².